The van der Waals surface area contributed by atoms with Gasteiger partial charge in [-0.25, -0.2) is 0 Å². The second-order valence-corrected chi connectivity index (χ2v) is 6.96. The zero-order valence-corrected chi connectivity index (χ0v) is 13.9. The van der Waals surface area contributed by atoms with Crippen LogP contribution < -0.4 is 10.2 Å². The molecule has 0 radical (unpaired) electrons. The maximum Gasteiger partial charge on any atom is 0.241 e. The van der Waals surface area contributed by atoms with Crippen LogP contribution in [0.4, 0.5) is 5.69 Å². The smallest absolute Gasteiger partial charge is 0.241 e. The number of aryl methyl sites for hydroxylation is 1. The molecule has 1 aliphatic rings. The summed E-state index contributed by atoms with van der Waals surface area (Å²) in [4.78, 5) is 15.8. The summed E-state index contributed by atoms with van der Waals surface area (Å²) in [5.41, 5.74) is 3.82. The molecule has 116 valence electrons. The van der Waals surface area contributed by atoms with Crippen molar-refractivity contribution < 1.29 is 4.79 Å². The third-order valence-corrected chi connectivity index (χ3v) is 3.88. The van der Waals surface area contributed by atoms with Gasteiger partial charge in [0.25, 0.3) is 0 Å². The van der Waals surface area contributed by atoms with Gasteiger partial charge >= 0.3 is 0 Å². The molecule has 0 aromatic heterocycles. The summed E-state index contributed by atoms with van der Waals surface area (Å²) >= 11 is 0. The third-order valence-electron chi connectivity index (χ3n) is 3.88. The molecule has 4 nitrogen and oxygen atoms in total. The van der Waals surface area contributed by atoms with Crippen molar-refractivity contribution in [2.75, 3.05) is 31.6 Å². The Morgan fingerprint density at radius 2 is 1.95 bits per heavy atom. The lowest BCUT2D eigenvalue weighted by Crippen LogP contribution is -2.48. The summed E-state index contributed by atoms with van der Waals surface area (Å²) in [7, 11) is 1.87. The highest BCUT2D eigenvalue weighted by atomic mass is 16.2. The van der Waals surface area contributed by atoms with Gasteiger partial charge in [0.1, 0.15) is 0 Å². The topological polar surface area (TPSA) is 35.6 Å². The number of amides is 1. The molecule has 1 aliphatic heterocycles. The maximum absolute atomic E-state index is 11.8. The second-order valence-electron chi connectivity index (χ2n) is 6.96. The van der Waals surface area contributed by atoms with E-state index in [4.69, 9.17) is 0 Å². The van der Waals surface area contributed by atoms with Gasteiger partial charge in [-0.05, 0) is 44.9 Å². The summed E-state index contributed by atoms with van der Waals surface area (Å²) in [6.45, 7) is 11.7. The van der Waals surface area contributed by atoms with Gasteiger partial charge in [0.15, 0.2) is 0 Å². The summed E-state index contributed by atoms with van der Waals surface area (Å²) in [5, 5.41) is 3.50. The molecule has 1 aromatic carbocycles. The molecule has 2 rings (SSSR count). The first kappa shape index (κ1) is 15.8. The van der Waals surface area contributed by atoms with Crippen molar-refractivity contribution in [2.45, 2.75) is 39.8 Å². The van der Waals surface area contributed by atoms with E-state index in [1.807, 2.05) is 7.05 Å². The van der Waals surface area contributed by atoms with E-state index >= 15 is 0 Å². The highest BCUT2D eigenvalue weighted by Gasteiger charge is 2.22. The lowest BCUT2D eigenvalue weighted by atomic mass is 10.1. The third kappa shape index (κ3) is 4.21. The molecule has 1 heterocycles. The fraction of sp³-hybridized carbons (Fsp3) is 0.588. The van der Waals surface area contributed by atoms with Crippen LogP contribution in [0.3, 0.4) is 0 Å². The summed E-state index contributed by atoms with van der Waals surface area (Å²) in [6.07, 6.45) is 0. The van der Waals surface area contributed by atoms with Crippen molar-refractivity contribution in [3.63, 3.8) is 0 Å². The van der Waals surface area contributed by atoms with Gasteiger partial charge in [0.2, 0.25) is 5.91 Å². The molecule has 1 N–H and O–H groups in total. The van der Waals surface area contributed by atoms with Crippen molar-refractivity contribution >= 4 is 11.6 Å². The molecular formula is C17H27N3O. The number of anilines is 1. The molecule has 0 saturated carbocycles. The monoisotopic (exact) mass is 289 g/mol. The largest absolute Gasteiger partial charge is 0.360 e. The molecule has 0 bridgehead atoms. The van der Waals surface area contributed by atoms with E-state index in [0.29, 0.717) is 6.54 Å². The molecule has 4 heteroatoms. The Labute approximate surface area is 128 Å². The summed E-state index contributed by atoms with van der Waals surface area (Å²) < 4.78 is 0. The number of nitrogens with one attached hydrogen (secondary N) is 1. The van der Waals surface area contributed by atoms with Crippen LogP contribution in [-0.2, 0) is 11.3 Å². The Bertz CT molecular complexity index is 519. The van der Waals surface area contributed by atoms with Crippen molar-refractivity contribution in [1.29, 1.82) is 0 Å². The lowest BCUT2D eigenvalue weighted by molar-refractivity contribution is -0.129. The molecule has 1 saturated heterocycles. The Kier molecular flexibility index (Phi) is 4.57. The van der Waals surface area contributed by atoms with E-state index in [1.165, 1.54) is 16.8 Å². The van der Waals surface area contributed by atoms with Crippen LogP contribution in [0, 0.1) is 6.92 Å². The number of nitrogens with zero attached hydrogens (tertiary/aromatic N) is 2. The first-order valence-corrected chi connectivity index (χ1v) is 7.60. The molecule has 0 spiro atoms. The van der Waals surface area contributed by atoms with Gasteiger partial charge in [-0.1, -0.05) is 12.1 Å². The van der Waals surface area contributed by atoms with Crippen molar-refractivity contribution in [1.82, 2.24) is 10.2 Å². The second kappa shape index (κ2) is 6.06. The van der Waals surface area contributed by atoms with Gasteiger partial charge in [-0.15, -0.1) is 0 Å². The fourth-order valence-corrected chi connectivity index (χ4v) is 2.51. The normalized spacial score (nSPS) is 16.5. The molecular weight excluding hydrogens is 262 g/mol. The van der Waals surface area contributed by atoms with Gasteiger partial charge < -0.3 is 15.1 Å². The van der Waals surface area contributed by atoms with E-state index < -0.39 is 0 Å². The molecule has 1 amide bonds. The maximum atomic E-state index is 11.8. The highest BCUT2D eigenvalue weighted by molar-refractivity contribution is 5.83. The summed E-state index contributed by atoms with van der Waals surface area (Å²) in [6, 6.07) is 6.52. The average Bonchev–Trinajstić information content (AvgIpc) is 2.39. The predicted molar refractivity (Wildman–Crippen MR) is 87.6 cm³/mol. The van der Waals surface area contributed by atoms with E-state index in [9.17, 15) is 4.79 Å². The number of piperazine rings is 1. The van der Waals surface area contributed by atoms with E-state index in [1.54, 1.807) is 4.90 Å². The first-order valence-electron chi connectivity index (χ1n) is 7.60. The fourth-order valence-electron chi connectivity index (χ4n) is 2.51. The number of hydrogen-bond acceptors (Lipinski definition) is 3. The minimum Gasteiger partial charge on any atom is -0.360 e. The number of carbonyl (C=O) groups is 1. The van der Waals surface area contributed by atoms with Crippen molar-refractivity contribution in [3.8, 4) is 0 Å². The van der Waals surface area contributed by atoms with Gasteiger partial charge in [0, 0.05) is 37.9 Å². The van der Waals surface area contributed by atoms with Crippen LogP contribution in [0.5, 0.6) is 0 Å². The molecule has 0 aliphatic carbocycles. The minimum absolute atomic E-state index is 0.121. The predicted octanol–water partition coefficient (Wildman–Crippen LogP) is 2.16. The molecule has 0 atom stereocenters. The highest BCUT2D eigenvalue weighted by Crippen LogP contribution is 2.23. The minimum atomic E-state index is 0.121. The van der Waals surface area contributed by atoms with Crippen LogP contribution in [0.15, 0.2) is 18.2 Å². The standard InChI is InChI=1S/C17H27N3O/c1-13-10-14(11-18-17(2,3)4)6-7-15(13)20-9-8-19(5)16(21)12-20/h6-7,10,18H,8-9,11-12H2,1-5H3. The number of rotatable bonds is 3. The number of likely N-dealkylation sites (N-methyl/N-ethyl adjacent to an activating group) is 1. The van der Waals surface area contributed by atoms with Crippen LogP contribution in [0.2, 0.25) is 0 Å². The van der Waals surface area contributed by atoms with E-state index in [-0.39, 0.29) is 11.4 Å². The Hall–Kier alpha value is -1.55. The number of carbonyl (C=O) groups excluding carboxylic acids is 1. The Morgan fingerprint density at radius 1 is 1.24 bits per heavy atom. The zero-order valence-electron chi connectivity index (χ0n) is 13.9. The lowest BCUT2D eigenvalue weighted by Gasteiger charge is -2.34. The van der Waals surface area contributed by atoms with Crippen LogP contribution in [0.1, 0.15) is 31.9 Å². The molecule has 1 aromatic rings. The quantitative estimate of drug-likeness (QED) is 0.926. The molecule has 0 unspecified atom stereocenters. The number of hydrogen-bond donors (Lipinski definition) is 1. The Balaban J connectivity index is 2.07. The van der Waals surface area contributed by atoms with E-state index in [2.05, 4.69) is 56.1 Å². The SMILES string of the molecule is Cc1cc(CNC(C)(C)C)ccc1N1CCN(C)C(=O)C1. The van der Waals surface area contributed by atoms with Crippen molar-refractivity contribution in [3.05, 3.63) is 29.3 Å². The van der Waals surface area contributed by atoms with E-state index in [0.717, 1.165) is 19.6 Å². The van der Waals surface area contributed by atoms with Gasteiger partial charge in [-0.3, -0.25) is 4.79 Å². The zero-order chi connectivity index (χ0) is 15.6. The van der Waals surface area contributed by atoms with Crippen molar-refractivity contribution in [2.24, 2.45) is 0 Å². The Morgan fingerprint density at radius 3 is 2.52 bits per heavy atom. The number of benzene rings is 1. The van der Waals surface area contributed by atoms with Gasteiger partial charge in [0.05, 0.1) is 6.54 Å². The van der Waals surface area contributed by atoms with Crippen LogP contribution in [-0.4, -0.2) is 43.0 Å². The first-order chi connectivity index (χ1) is 9.76. The summed E-state index contributed by atoms with van der Waals surface area (Å²) in [5.74, 6) is 0.194. The van der Waals surface area contributed by atoms with Gasteiger partial charge in [-0.2, -0.15) is 0 Å². The average molecular weight is 289 g/mol. The molecule has 1 fully saturated rings. The molecule has 21 heavy (non-hydrogen) atoms. The van der Waals surface area contributed by atoms with Crippen LogP contribution in [0.25, 0.3) is 0 Å². The van der Waals surface area contributed by atoms with Crippen LogP contribution >= 0.6 is 0 Å².